The molecule has 4 aliphatic carbocycles. The molecule has 4 aromatic rings. The highest BCUT2D eigenvalue weighted by Gasteiger charge is 2.56. The van der Waals surface area contributed by atoms with E-state index in [0.717, 1.165) is 113 Å². The topological polar surface area (TPSA) is 253 Å². The number of nitrogens with one attached hydrogen (secondary N) is 2. The summed E-state index contributed by atoms with van der Waals surface area (Å²) in [4.78, 5) is 101. The van der Waals surface area contributed by atoms with Crippen LogP contribution < -0.4 is 10.6 Å². The lowest BCUT2D eigenvalue weighted by Crippen LogP contribution is -2.49. The lowest BCUT2D eigenvalue weighted by atomic mass is 9.79. The van der Waals surface area contributed by atoms with E-state index >= 15 is 0 Å². The molecule has 4 saturated carbocycles. The van der Waals surface area contributed by atoms with E-state index in [0.29, 0.717) is 120 Å². The fraction of sp³-hybridized carbons (Fsp3) is 0.535. The van der Waals surface area contributed by atoms with Crippen LogP contribution in [0.5, 0.6) is 0 Å². The highest BCUT2D eigenvalue weighted by Crippen LogP contribution is 2.53. The van der Waals surface area contributed by atoms with Crippen molar-refractivity contribution in [3.05, 3.63) is 161 Å². The number of hydrogen-bond donors (Lipinski definition) is 2. The van der Waals surface area contributed by atoms with Crippen LogP contribution in [0.2, 0.25) is 10.0 Å². The molecule has 22 heteroatoms. The molecule has 12 rings (SSSR count). The molecule has 108 heavy (non-hydrogen) atoms. The van der Waals surface area contributed by atoms with Crippen LogP contribution in [0.25, 0.3) is 22.3 Å². The van der Waals surface area contributed by atoms with Gasteiger partial charge in [0.25, 0.3) is 11.8 Å². The molecule has 2 amide bonds. The Morgan fingerprint density at radius 1 is 0.481 bits per heavy atom. The van der Waals surface area contributed by atoms with Gasteiger partial charge in [-0.3, -0.25) is 19.2 Å². The van der Waals surface area contributed by atoms with Crippen LogP contribution in [-0.2, 0) is 76.1 Å². The van der Waals surface area contributed by atoms with Crippen LogP contribution in [0.4, 0.5) is 9.59 Å². The van der Waals surface area contributed by atoms with Crippen molar-refractivity contribution in [2.24, 2.45) is 10.8 Å². The van der Waals surface area contributed by atoms with E-state index in [4.69, 9.17) is 70.6 Å². The van der Waals surface area contributed by atoms with Crippen molar-refractivity contribution < 1.29 is 85.7 Å². The minimum absolute atomic E-state index is 0.154. The summed E-state index contributed by atoms with van der Waals surface area (Å²) < 4.78 is 55.7. The van der Waals surface area contributed by atoms with Gasteiger partial charge in [0.1, 0.15) is 22.7 Å². The molecule has 20 nitrogen and oxygen atoms in total. The summed E-state index contributed by atoms with van der Waals surface area (Å²) in [6, 6.07) is 20.9. The van der Waals surface area contributed by atoms with Crippen molar-refractivity contribution in [1.82, 2.24) is 10.6 Å². The number of rotatable bonds is 15. The van der Waals surface area contributed by atoms with Crippen molar-refractivity contribution in [3.63, 3.8) is 0 Å². The van der Waals surface area contributed by atoms with Gasteiger partial charge >= 0.3 is 36.2 Å². The number of esters is 4. The van der Waals surface area contributed by atoms with Gasteiger partial charge in [0.15, 0.2) is 22.7 Å². The van der Waals surface area contributed by atoms with Crippen LogP contribution in [0.1, 0.15) is 239 Å². The number of amides is 2. The average Bonchev–Trinajstić information content (AvgIpc) is 1.61. The van der Waals surface area contributed by atoms with Gasteiger partial charge in [0, 0.05) is 24.8 Å². The number of methoxy groups -OCH3 is 2. The first-order valence-corrected chi connectivity index (χ1v) is 38.8. The van der Waals surface area contributed by atoms with E-state index in [-0.39, 0.29) is 66.1 Å². The first-order chi connectivity index (χ1) is 51.0. The first kappa shape index (κ1) is 83.7. The minimum atomic E-state index is -0.882. The quantitative estimate of drug-likeness (QED) is 0.0828. The summed E-state index contributed by atoms with van der Waals surface area (Å²) >= 11 is 12.4. The summed E-state index contributed by atoms with van der Waals surface area (Å²) in [7, 11) is 3.40. The smallest absolute Gasteiger partial charge is 0.447 e. The summed E-state index contributed by atoms with van der Waals surface area (Å²) in [5.41, 5.74) is 7.68. The number of carbonyl (C=O) groups excluding carboxylic acids is 8. The predicted molar refractivity (Wildman–Crippen MR) is 413 cm³/mol. The Bertz CT molecular complexity index is 4100. The van der Waals surface area contributed by atoms with E-state index in [1.165, 1.54) is 0 Å². The van der Waals surface area contributed by atoms with E-state index < -0.39 is 46.0 Å². The number of halogens is 2. The number of hydrogen-bond acceptors (Lipinski definition) is 18. The normalized spacial score (nSPS) is 22.0. The summed E-state index contributed by atoms with van der Waals surface area (Å²) in [6.07, 6.45) is 12.9. The molecule has 4 fully saturated rings. The molecular weight excluding hydrogens is 1420 g/mol. The number of ether oxygens (including phenoxy) is 10. The molecule has 0 atom stereocenters. The van der Waals surface area contributed by atoms with Gasteiger partial charge in [-0.1, -0.05) is 129 Å². The van der Waals surface area contributed by atoms with Crippen molar-refractivity contribution in [1.29, 1.82) is 0 Å². The second-order valence-corrected chi connectivity index (χ2v) is 32.6. The van der Waals surface area contributed by atoms with Gasteiger partial charge in [0.05, 0.1) is 64.5 Å². The largest absolute Gasteiger partial charge is 0.513 e. The van der Waals surface area contributed by atoms with E-state index in [1.807, 2.05) is 126 Å². The standard InChI is InChI=1S/C23H30O4.C21H24Cl2O4.2C21H27NO5/c1-14-11-15(2)18(16(3)12-14)19-20(26-17(24)13-22(4,5)6)23(27-21(19)25)9-7-8-10-23;1-4-20(2,3)19(25)26-17-16(14-9-8-13(22)12-15(14)23)18(24)27-21(17)10-6-5-7-11-21;2*1-5-26-20(24)27-18-17(16-12-13(2)6-7-14(16)3)19(23)22-21(18)10-8-15(25-4)9-11-21/h11-12H,7-10,13H2,1-6H3;8-9,12H,4-7,10-11H2,1-3H3;2*6-7,12,15H,5,8-11H2,1-4H3,(H,22,23). The van der Waals surface area contributed by atoms with Gasteiger partial charge in [-0.25, -0.2) is 19.2 Å². The SMILES string of the molecule is CCC(C)(C)C(=O)OC1=C(c2ccc(Cl)cc2Cl)C(=O)OC12CCCCC2.CCOC(=O)OC1=C(c2cc(C)ccc2C)C(=O)NC12CCC(OC)CC2.CCOC(=O)OC1=C(c2cc(C)ccc2C)C(=O)NC12CCC(OC)CC2.Cc1cc(C)c(C2=C(OC(=O)CC(C)(C)C)C3(CCCC3)OC2=O)c(C)c1. The molecule has 4 aliphatic heterocycles. The molecule has 8 aliphatic rings. The third kappa shape index (κ3) is 18.6. The maximum absolute atomic E-state index is 13.0. The van der Waals surface area contributed by atoms with Gasteiger partial charge in [0.2, 0.25) is 0 Å². The van der Waals surface area contributed by atoms with Crippen LogP contribution >= 0.6 is 23.2 Å². The maximum Gasteiger partial charge on any atom is 0.513 e. The fourth-order valence-electron chi connectivity index (χ4n) is 15.8. The molecule has 0 unspecified atom stereocenters. The van der Waals surface area contributed by atoms with Crippen LogP contribution in [0.15, 0.2) is 89.8 Å². The highest BCUT2D eigenvalue weighted by atomic mass is 35.5. The number of benzene rings is 4. The molecule has 584 valence electrons. The van der Waals surface area contributed by atoms with Crippen molar-refractivity contribution in [3.8, 4) is 0 Å². The molecule has 0 saturated heterocycles. The monoisotopic (exact) mass is 1530 g/mol. The predicted octanol–water partition coefficient (Wildman–Crippen LogP) is 18.4. The Morgan fingerprint density at radius 3 is 1.31 bits per heavy atom. The highest BCUT2D eigenvalue weighted by molar-refractivity contribution is 6.37. The third-order valence-electron chi connectivity index (χ3n) is 21.9. The summed E-state index contributed by atoms with van der Waals surface area (Å²) in [5, 5.41) is 7.00. The lowest BCUT2D eigenvalue weighted by molar-refractivity contribution is -0.160. The zero-order valence-corrected chi connectivity index (χ0v) is 67.5. The van der Waals surface area contributed by atoms with Crippen LogP contribution in [0, 0.1) is 59.3 Å². The Labute approximate surface area is 646 Å². The number of carbonyl (C=O) groups is 8. The molecule has 0 aromatic heterocycles. The Hall–Kier alpha value is -8.30. The van der Waals surface area contributed by atoms with Gasteiger partial charge in [-0.2, -0.15) is 0 Å². The maximum atomic E-state index is 13.0. The van der Waals surface area contributed by atoms with Crippen molar-refractivity contribution >= 4 is 93.5 Å². The first-order valence-electron chi connectivity index (χ1n) is 38.0. The van der Waals surface area contributed by atoms with Crippen molar-refractivity contribution in [2.45, 2.75) is 260 Å². The zero-order valence-electron chi connectivity index (χ0n) is 66.0. The second-order valence-electron chi connectivity index (χ2n) is 31.7. The Kier molecular flexibility index (Phi) is 26.9. The molecule has 0 radical (unpaired) electrons. The van der Waals surface area contributed by atoms with E-state index in [9.17, 15) is 38.4 Å². The second kappa shape index (κ2) is 34.7. The molecule has 4 spiro atoms. The van der Waals surface area contributed by atoms with E-state index in [1.54, 1.807) is 46.3 Å². The minimum Gasteiger partial charge on any atom is -0.447 e. The van der Waals surface area contributed by atoms with Crippen molar-refractivity contribution in [2.75, 3.05) is 27.4 Å². The molecular formula is C86H108Cl2N2O18. The van der Waals surface area contributed by atoms with Gasteiger partial charge in [-0.05, 0) is 242 Å². The molecule has 0 bridgehead atoms. The molecule has 4 aromatic carbocycles. The van der Waals surface area contributed by atoms with Gasteiger partial charge in [-0.15, -0.1) is 0 Å². The van der Waals surface area contributed by atoms with Gasteiger partial charge < -0.3 is 58.0 Å². The lowest BCUT2D eigenvalue weighted by Gasteiger charge is -2.37. The zero-order chi connectivity index (χ0) is 79.0. The number of aryl methyl sites for hydroxylation is 7. The molecule has 4 heterocycles. The Morgan fingerprint density at radius 2 is 0.907 bits per heavy atom. The van der Waals surface area contributed by atoms with Crippen LogP contribution in [0.3, 0.4) is 0 Å². The fourth-order valence-corrected chi connectivity index (χ4v) is 16.3. The third-order valence-corrected chi connectivity index (χ3v) is 22.5. The summed E-state index contributed by atoms with van der Waals surface area (Å²) in [6.45, 7) is 29.3. The van der Waals surface area contributed by atoms with Crippen LogP contribution in [-0.4, -0.2) is 110 Å². The average molecular weight is 1530 g/mol. The molecule has 2 N–H and O–H groups in total. The van der Waals surface area contributed by atoms with E-state index in [2.05, 4.69) is 22.8 Å². The summed E-state index contributed by atoms with van der Waals surface area (Å²) in [5.74, 6) is -0.449. The Balaban J connectivity index is 0.000000166.